The lowest BCUT2D eigenvalue weighted by molar-refractivity contribution is 0.146. The van der Waals surface area contributed by atoms with Crippen molar-refractivity contribution in [1.29, 1.82) is 0 Å². The van der Waals surface area contributed by atoms with Gasteiger partial charge in [-0.2, -0.15) is 0 Å². The highest BCUT2D eigenvalue weighted by Crippen LogP contribution is 2.25. The number of carbonyl (C=O) groups is 1. The molecule has 1 aliphatic heterocycles. The molecule has 0 spiro atoms. The second-order valence-electron chi connectivity index (χ2n) is 7.88. The molecule has 0 radical (unpaired) electrons. The number of hydrogen-bond acceptors (Lipinski definition) is 5. The highest BCUT2D eigenvalue weighted by atomic mass is 16.4. The van der Waals surface area contributed by atoms with Crippen molar-refractivity contribution in [1.82, 2.24) is 19.8 Å². The first-order valence-corrected chi connectivity index (χ1v) is 10.2. The Kier molecular flexibility index (Phi) is 5.81. The zero-order valence-electron chi connectivity index (χ0n) is 17.4. The summed E-state index contributed by atoms with van der Waals surface area (Å²) in [4.78, 5) is 26.1. The van der Waals surface area contributed by atoms with Crippen LogP contribution in [0.5, 0.6) is 0 Å². The molecule has 1 N–H and O–H groups in total. The molecule has 7 nitrogen and oxygen atoms in total. The number of anilines is 1. The minimum Gasteiger partial charge on any atom is -0.465 e. The predicted molar refractivity (Wildman–Crippen MR) is 119 cm³/mol. The van der Waals surface area contributed by atoms with Gasteiger partial charge in [-0.25, -0.2) is 14.8 Å². The first-order chi connectivity index (χ1) is 14.5. The third-order valence-electron chi connectivity index (χ3n) is 5.87. The van der Waals surface area contributed by atoms with Gasteiger partial charge in [-0.05, 0) is 36.4 Å². The summed E-state index contributed by atoms with van der Waals surface area (Å²) < 4.78 is 0. The van der Waals surface area contributed by atoms with E-state index in [1.807, 2.05) is 24.4 Å². The molecule has 7 heteroatoms. The van der Waals surface area contributed by atoms with Gasteiger partial charge in [-0.1, -0.05) is 36.4 Å². The average molecular weight is 406 g/mol. The van der Waals surface area contributed by atoms with Crippen molar-refractivity contribution in [2.24, 2.45) is 0 Å². The summed E-state index contributed by atoms with van der Waals surface area (Å²) in [6, 6.07) is 17.0. The molecule has 0 bridgehead atoms. The standard InChI is InChI=1S/C23H27N5O2/c1-26(13-14-27(2)23(29)30)20-10-12-28(16-20)22-24-11-9-21(25-22)19-8-7-17-5-3-4-6-18(17)15-19/h3-9,11,15,20H,10,12-14,16H2,1-2H3,(H,29,30). The smallest absolute Gasteiger partial charge is 0.407 e. The Hall–Kier alpha value is -3.19. The largest absolute Gasteiger partial charge is 0.465 e. The van der Waals surface area contributed by atoms with E-state index in [4.69, 9.17) is 10.1 Å². The van der Waals surface area contributed by atoms with Crippen LogP contribution >= 0.6 is 0 Å². The van der Waals surface area contributed by atoms with Crippen LogP contribution in [0, 0.1) is 0 Å². The molecular formula is C23H27N5O2. The normalized spacial score (nSPS) is 16.4. The monoisotopic (exact) mass is 405 g/mol. The summed E-state index contributed by atoms with van der Waals surface area (Å²) in [6.45, 7) is 2.94. The molecule has 30 heavy (non-hydrogen) atoms. The van der Waals surface area contributed by atoms with Crippen molar-refractivity contribution >= 4 is 22.8 Å². The van der Waals surface area contributed by atoms with Crippen LogP contribution in [0.25, 0.3) is 22.0 Å². The highest BCUT2D eigenvalue weighted by Gasteiger charge is 2.27. The first kappa shape index (κ1) is 20.1. The molecule has 1 amide bonds. The first-order valence-electron chi connectivity index (χ1n) is 10.2. The maximum atomic E-state index is 11.0. The number of nitrogens with zero attached hydrogens (tertiary/aromatic N) is 5. The summed E-state index contributed by atoms with van der Waals surface area (Å²) in [5, 5.41) is 11.4. The summed E-state index contributed by atoms with van der Waals surface area (Å²) in [6.07, 6.45) is 1.94. The molecule has 1 aromatic heterocycles. The number of aromatic nitrogens is 2. The molecule has 3 aromatic rings. The van der Waals surface area contributed by atoms with Crippen molar-refractivity contribution < 1.29 is 9.90 Å². The van der Waals surface area contributed by atoms with Crippen LogP contribution in [0.3, 0.4) is 0 Å². The van der Waals surface area contributed by atoms with Gasteiger partial charge in [0.1, 0.15) is 0 Å². The molecule has 4 rings (SSSR count). The van der Waals surface area contributed by atoms with E-state index in [0.717, 1.165) is 36.7 Å². The average Bonchev–Trinajstić information content (AvgIpc) is 3.27. The Bertz CT molecular complexity index is 1040. The molecule has 1 unspecified atom stereocenters. The lowest BCUT2D eigenvalue weighted by Crippen LogP contribution is -2.40. The second-order valence-corrected chi connectivity index (χ2v) is 7.88. The minimum atomic E-state index is -0.893. The molecule has 0 saturated carbocycles. The van der Waals surface area contributed by atoms with Gasteiger partial charge >= 0.3 is 6.09 Å². The van der Waals surface area contributed by atoms with Gasteiger partial charge in [0, 0.05) is 51.0 Å². The summed E-state index contributed by atoms with van der Waals surface area (Å²) in [7, 11) is 3.65. The summed E-state index contributed by atoms with van der Waals surface area (Å²) in [5.41, 5.74) is 2.01. The third-order valence-corrected chi connectivity index (χ3v) is 5.87. The fraction of sp³-hybridized carbons (Fsp3) is 0.348. The van der Waals surface area contributed by atoms with Crippen LogP contribution in [-0.4, -0.2) is 77.3 Å². The molecule has 0 aliphatic carbocycles. The Morgan fingerprint density at radius 1 is 1.13 bits per heavy atom. The number of amides is 1. The molecule has 2 heterocycles. The number of carboxylic acid groups (broad SMARTS) is 1. The SMILES string of the molecule is CN(CCN(C)C1CCN(c2nccc(-c3ccc4ccccc4c3)n2)C1)C(=O)O. The minimum absolute atomic E-state index is 0.361. The molecular weight excluding hydrogens is 378 g/mol. The van der Waals surface area contributed by atoms with E-state index in [0.29, 0.717) is 19.1 Å². The van der Waals surface area contributed by atoms with Gasteiger partial charge in [0.15, 0.2) is 0 Å². The molecule has 1 atom stereocenters. The molecule has 1 saturated heterocycles. The number of rotatable bonds is 6. The van der Waals surface area contributed by atoms with Crippen molar-refractivity contribution in [3.8, 4) is 11.3 Å². The predicted octanol–water partition coefficient (Wildman–Crippen LogP) is 3.42. The molecule has 2 aromatic carbocycles. The van der Waals surface area contributed by atoms with E-state index in [9.17, 15) is 4.79 Å². The van der Waals surface area contributed by atoms with Crippen LogP contribution in [0.2, 0.25) is 0 Å². The Balaban J connectivity index is 1.44. The number of fused-ring (bicyclic) bond motifs is 1. The molecule has 1 aliphatic rings. The van der Waals surface area contributed by atoms with Crippen LogP contribution < -0.4 is 4.90 Å². The van der Waals surface area contributed by atoms with Crippen molar-refractivity contribution in [2.75, 3.05) is 45.2 Å². The van der Waals surface area contributed by atoms with Gasteiger partial charge in [-0.3, -0.25) is 4.90 Å². The summed E-state index contributed by atoms with van der Waals surface area (Å²) >= 11 is 0. The topological polar surface area (TPSA) is 72.8 Å². The third kappa shape index (κ3) is 4.36. The Morgan fingerprint density at radius 3 is 2.73 bits per heavy atom. The lowest BCUT2D eigenvalue weighted by atomic mass is 10.1. The highest BCUT2D eigenvalue weighted by molar-refractivity contribution is 5.86. The quantitative estimate of drug-likeness (QED) is 0.678. The van der Waals surface area contributed by atoms with Crippen LogP contribution in [0.4, 0.5) is 10.7 Å². The maximum absolute atomic E-state index is 11.0. The van der Waals surface area contributed by atoms with E-state index in [1.165, 1.54) is 15.7 Å². The number of likely N-dealkylation sites (N-methyl/N-ethyl adjacent to an activating group) is 2. The molecule has 156 valence electrons. The van der Waals surface area contributed by atoms with E-state index >= 15 is 0 Å². The fourth-order valence-electron chi connectivity index (χ4n) is 3.88. The van der Waals surface area contributed by atoms with E-state index in [2.05, 4.69) is 52.2 Å². The van der Waals surface area contributed by atoms with Gasteiger partial charge in [0.05, 0.1) is 5.69 Å². The fourth-order valence-corrected chi connectivity index (χ4v) is 3.88. The van der Waals surface area contributed by atoms with Gasteiger partial charge in [0.2, 0.25) is 5.95 Å². The zero-order chi connectivity index (χ0) is 21.1. The van der Waals surface area contributed by atoms with Gasteiger partial charge in [-0.15, -0.1) is 0 Å². The number of benzene rings is 2. The lowest BCUT2D eigenvalue weighted by Gasteiger charge is -2.26. The van der Waals surface area contributed by atoms with E-state index in [-0.39, 0.29) is 0 Å². The van der Waals surface area contributed by atoms with Crippen molar-refractivity contribution in [3.63, 3.8) is 0 Å². The van der Waals surface area contributed by atoms with Crippen LogP contribution in [-0.2, 0) is 0 Å². The van der Waals surface area contributed by atoms with Crippen molar-refractivity contribution in [2.45, 2.75) is 12.5 Å². The van der Waals surface area contributed by atoms with Crippen LogP contribution in [0.15, 0.2) is 54.7 Å². The molecule has 1 fully saturated rings. The maximum Gasteiger partial charge on any atom is 0.407 e. The zero-order valence-corrected chi connectivity index (χ0v) is 17.4. The number of hydrogen-bond donors (Lipinski definition) is 1. The summed E-state index contributed by atoms with van der Waals surface area (Å²) in [5.74, 6) is 0.749. The van der Waals surface area contributed by atoms with Gasteiger partial charge in [0.25, 0.3) is 0 Å². The van der Waals surface area contributed by atoms with E-state index < -0.39 is 6.09 Å². The van der Waals surface area contributed by atoms with Crippen molar-refractivity contribution in [3.05, 3.63) is 54.7 Å². The Morgan fingerprint density at radius 2 is 1.93 bits per heavy atom. The van der Waals surface area contributed by atoms with Crippen LogP contribution in [0.1, 0.15) is 6.42 Å². The Labute approximate surface area is 176 Å². The van der Waals surface area contributed by atoms with Gasteiger partial charge < -0.3 is 14.9 Å². The second kappa shape index (κ2) is 8.67. The van der Waals surface area contributed by atoms with E-state index in [1.54, 1.807) is 7.05 Å².